The van der Waals surface area contributed by atoms with E-state index in [4.69, 9.17) is 59.2 Å². The monoisotopic (exact) mass is 1580 g/mol. The van der Waals surface area contributed by atoms with Gasteiger partial charge in [0.15, 0.2) is 0 Å². The molecule has 4 aromatic carbocycles. The number of amides is 2. The van der Waals surface area contributed by atoms with E-state index in [1.807, 2.05) is 120 Å². The van der Waals surface area contributed by atoms with Gasteiger partial charge in [0.2, 0.25) is 5.91 Å². The Morgan fingerprint density at radius 2 is 0.855 bits per heavy atom. The topological polar surface area (TPSA) is 384 Å². The van der Waals surface area contributed by atoms with Crippen LogP contribution >= 0.6 is 11.6 Å². The second-order valence-corrected chi connectivity index (χ2v) is 31.1. The van der Waals surface area contributed by atoms with Gasteiger partial charge in [-0.1, -0.05) is 103 Å². The standard InChI is InChI=1S/C25H24N6O.C23H22N8O.C22H23N5O2.C18H16ClN5/c26-23-22-21(20-15-18-7-3-4-8-19(18)28-20)29-24(31(22)14-11-27-23)16-9-12-30(13-10-16)25(32)17-5-1-2-6-17;24-21-20-19(17-11-15-3-1-2-4-16(15)28-17)29-22(31(20)10-7-26-21)14-5-8-30(9-6-14)23(32)18-12-25-13-27-18;1-29-22(28)14-8-6-13(7-9-14)21-26-18(19-20(23)24-10-11-27(19)21)17-12-15-4-2-3-5-16(15)25-17;19-12-6-2-5-11-9-13(22-14(11)12)15-16-17(20)21-7-8-24(16)18(23-15)10-3-1-4-10/h1-5,7-8,11,14-16,28H,6,9-10,12-13H2,(H2,26,27);1-4,7,10-14,28H,5-6,8-9H2,(H2,24,26)(H,25,27);2-5,10-14,25H,6-9H2,1H3,(H2,23,24);2,5-10,22H,1,3-4H2,(H2,20,21). The van der Waals surface area contributed by atoms with Crippen molar-refractivity contribution in [1.29, 1.82) is 0 Å². The summed E-state index contributed by atoms with van der Waals surface area (Å²) in [5.41, 5.74) is 40.9. The molecule has 17 aromatic rings. The van der Waals surface area contributed by atoms with Crippen molar-refractivity contribution in [3.05, 3.63) is 235 Å². The van der Waals surface area contributed by atoms with Crippen molar-refractivity contribution in [3.8, 4) is 45.6 Å². The number of esters is 1. The first-order chi connectivity index (χ1) is 57.2. The van der Waals surface area contributed by atoms with Crippen LogP contribution in [0.3, 0.4) is 0 Å². The van der Waals surface area contributed by atoms with Crippen LogP contribution in [0.5, 0.6) is 0 Å². The number of allylic oxidation sites excluding steroid dienone is 3. The minimum Gasteiger partial charge on any atom is -0.469 e. The summed E-state index contributed by atoms with van der Waals surface area (Å²) in [5.74, 6) is 7.13. The number of aromatic nitrogens is 18. The molecule has 588 valence electrons. The number of likely N-dealkylation sites (tertiary alicyclic amines) is 2. The van der Waals surface area contributed by atoms with Crippen LogP contribution in [0.15, 0.2) is 201 Å². The predicted molar refractivity (Wildman–Crippen MR) is 454 cm³/mol. The van der Waals surface area contributed by atoms with Gasteiger partial charge in [0.25, 0.3) is 5.91 Å². The molecule has 3 aliphatic carbocycles. The van der Waals surface area contributed by atoms with Crippen LogP contribution in [0.25, 0.3) is 111 Å². The zero-order valence-electron chi connectivity index (χ0n) is 64.2. The molecule has 5 aliphatic rings. The van der Waals surface area contributed by atoms with E-state index < -0.39 is 0 Å². The minimum atomic E-state index is -0.108. The Morgan fingerprint density at radius 1 is 0.462 bits per heavy atom. The van der Waals surface area contributed by atoms with Crippen LogP contribution in [-0.4, -0.2) is 148 Å². The van der Waals surface area contributed by atoms with E-state index in [0.717, 1.165) is 211 Å². The number of hydrogen-bond acceptors (Lipinski definition) is 17. The molecule has 117 heavy (non-hydrogen) atoms. The highest BCUT2D eigenvalue weighted by molar-refractivity contribution is 6.35. The number of imidazole rings is 5. The molecular formula is C88H85ClN24O4. The molecule has 0 spiro atoms. The fourth-order valence-electron chi connectivity index (χ4n) is 17.6. The molecule has 2 saturated carbocycles. The highest BCUT2D eigenvalue weighted by Gasteiger charge is 2.35. The maximum Gasteiger partial charge on any atom is 0.308 e. The van der Waals surface area contributed by atoms with Gasteiger partial charge in [0.05, 0.1) is 58.9 Å². The van der Waals surface area contributed by atoms with Crippen molar-refractivity contribution < 1.29 is 19.1 Å². The first-order valence-electron chi connectivity index (χ1n) is 39.8. The largest absolute Gasteiger partial charge is 0.469 e. The number of ether oxygens (including phenoxy) is 1. The number of methoxy groups -OCH3 is 1. The molecule has 2 saturated heterocycles. The number of nitrogens with one attached hydrogen (secondary N) is 5. The minimum absolute atomic E-state index is 0.0117. The number of nitrogens with two attached hydrogens (primary N) is 4. The Balaban J connectivity index is 0.000000104. The number of benzene rings is 4. The summed E-state index contributed by atoms with van der Waals surface area (Å²) in [6.45, 7) is 2.80. The molecular weight excluding hydrogens is 1490 g/mol. The summed E-state index contributed by atoms with van der Waals surface area (Å²) in [7, 11) is 1.46. The third kappa shape index (κ3) is 13.7. The van der Waals surface area contributed by atoms with Crippen LogP contribution in [0.4, 0.5) is 23.3 Å². The van der Waals surface area contributed by atoms with Gasteiger partial charge in [-0.05, 0) is 119 Å². The van der Waals surface area contributed by atoms with Gasteiger partial charge >= 0.3 is 5.97 Å². The Hall–Kier alpha value is -13.9. The molecule has 13 N–H and O–H groups in total. The Bertz CT molecular complexity index is 6600. The van der Waals surface area contributed by atoms with Crippen LogP contribution in [0.1, 0.15) is 135 Å². The Kier molecular flexibility index (Phi) is 19.3. The molecule has 0 bridgehead atoms. The lowest BCUT2D eigenvalue weighted by molar-refractivity contribution is -0.146. The highest BCUT2D eigenvalue weighted by atomic mass is 35.5. The molecule has 22 rings (SSSR count). The van der Waals surface area contributed by atoms with Gasteiger partial charge in [-0.25, -0.2) is 44.9 Å². The number of nitrogen functional groups attached to an aromatic ring is 4. The quantitative estimate of drug-likeness (QED) is 0.0543. The summed E-state index contributed by atoms with van der Waals surface area (Å²) in [4.78, 5) is 99.0. The molecule has 2 amide bonds. The van der Waals surface area contributed by atoms with E-state index in [1.165, 1.54) is 32.7 Å². The number of para-hydroxylation sites is 4. The van der Waals surface area contributed by atoms with Crippen molar-refractivity contribution in [1.82, 2.24) is 97.2 Å². The summed E-state index contributed by atoms with van der Waals surface area (Å²) >= 11 is 6.30. The first kappa shape index (κ1) is 73.3. The second kappa shape index (κ2) is 30.8. The first-order valence-corrected chi connectivity index (χ1v) is 40.2. The van der Waals surface area contributed by atoms with Crippen LogP contribution in [0, 0.1) is 5.92 Å². The van der Waals surface area contributed by atoms with Crippen molar-refractivity contribution in [3.63, 3.8) is 0 Å². The predicted octanol–water partition coefficient (Wildman–Crippen LogP) is 15.5. The summed E-state index contributed by atoms with van der Waals surface area (Å²) in [5, 5.41) is 5.15. The number of halogens is 1. The summed E-state index contributed by atoms with van der Waals surface area (Å²) in [6.07, 6.45) is 34.8. The number of carbonyl (C=O) groups is 3. The normalized spacial score (nSPS) is 16.7. The van der Waals surface area contributed by atoms with Crippen molar-refractivity contribution in [2.45, 2.75) is 101 Å². The zero-order valence-corrected chi connectivity index (χ0v) is 65.0. The molecule has 0 unspecified atom stereocenters. The third-order valence-electron chi connectivity index (χ3n) is 23.8. The highest BCUT2D eigenvalue weighted by Crippen LogP contribution is 2.44. The lowest BCUT2D eigenvalue weighted by Crippen LogP contribution is -2.38. The average Bonchev–Trinajstić information content (AvgIpc) is 1.61. The van der Waals surface area contributed by atoms with E-state index in [2.05, 4.69) is 116 Å². The molecule has 28 nitrogen and oxygen atoms in total. The van der Waals surface area contributed by atoms with Gasteiger partial charge in [-0.2, -0.15) is 0 Å². The Morgan fingerprint density at radius 3 is 1.23 bits per heavy atom. The van der Waals surface area contributed by atoms with Crippen LogP contribution in [0.2, 0.25) is 5.02 Å². The number of nitrogens with zero attached hydrogens (tertiary/aromatic N) is 15. The smallest absolute Gasteiger partial charge is 0.308 e. The number of anilines is 4. The number of carbonyl (C=O) groups excluding carboxylic acids is 3. The van der Waals surface area contributed by atoms with E-state index in [1.54, 1.807) is 31.0 Å². The van der Waals surface area contributed by atoms with Crippen LogP contribution < -0.4 is 22.9 Å². The molecule has 0 atom stereocenters. The second-order valence-electron chi connectivity index (χ2n) is 30.7. The summed E-state index contributed by atoms with van der Waals surface area (Å²) in [6, 6.07) is 38.7. The molecule has 29 heteroatoms. The third-order valence-corrected chi connectivity index (χ3v) is 24.1. The van der Waals surface area contributed by atoms with Gasteiger partial charge in [-0.15, -0.1) is 0 Å². The number of piperidine rings is 2. The molecule has 13 aromatic heterocycles. The van der Waals surface area contributed by atoms with E-state index in [0.29, 0.717) is 53.0 Å². The van der Waals surface area contributed by atoms with Gasteiger partial charge < -0.3 is 62.4 Å². The average molecular weight is 1580 g/mol. The van der Waals surface area contributed by atoms with Crippen molar-refractivity contribution in [2.24, 2.45) is 5.92 Å². The molecule has 4 fully saturated rings. The lowest BCUT2D eigenvalue weighted by Gasteiger charge is -2.31. The number of aromatic amines is 5. The maximum atomic E-state index is 12.7. The number of H-pyrrole nitrogens is 5. The molecule has 2 aliphatic heterocycles. The fraction of sp³-hybridized carbons (Fsp3) is 0.250. The zero-order chi connectivity index (χ0) is 79.5. The molecule has 0 radical (unpaired) electrons. The SMILES string of the molecule is COC(=O)C1CCC(c2nc(-c3cc4ccccc4[nH]3)c3c(N)nccn23)CC1.Nc1nccn2c(C3CCC3)nc(-c3cc4cccc(Cl)c4[nH]3)c12.Nc1nccn2c(C3CCN(C(=O)C4=CC=CC4)CC3)nc(-c3cc4ccccc4[nH]3)c12.Nc1nccn2c(C3CCN(C(=O)c4cnc[nH]4)CC3)nc(-c3cc4ccccc4[nH]3)c12. The maximum absolute atomic E-state index is 12.7. The van der Waals surface area contributed by atoms with Crippen LogP contribution in [-0.2, 0) is 14.3 Å². The van der Waals surface area contributed by atoms with E-state index >= 15 is 0 Å². The van der Waals surface area contributed by atoms with Crippen molar-refractivity contribution >= 4 is 118 Å². The lowest BCUT2D eigenvalue weighted by atomic mass is 9.81. The molecule has 15 heterocycles. The Labute approximate surface area is 674 Å². The van der Waals surface area contributed by atoms with E-state index in [9.17, 15) is 14.4 Å². The van der Waals surface area contributed by atoms with Gasteiger partial charge in [0.1, 0.15) is 97.1 Å². The number of hydrogen-bond donors (Lipinski definition) is 9. The fourth-order valence-corrected chi connectivity index (χ4v) is 17.8. The summed E-state index contributed by atoms with van der Waals surface area (Å²) < 4.78 is 13.2. The van der Waals surface area contributed by atoms with Crippen molar-refractivity contribution in [2.75, 3.05) is 56.2 Å². The number of fused-ring (bicyclic) bond motifs is 8. The van der Waals surface area contributed by atoms with E-state index in [-0.39, 0.29) is 41.5 Å². The number of rotatable bonds is 11. The van der Waals surface area contributed by atoms with Gasteiger partial charge in [0, 0.05) is 143 Å². The van der Waals surface area contributed by atoms with Gasteiger partial charge in [-0.3, -0.25) is 32.0 Å².